The Morgan fingerprint density at radius 3 is 2.62 bits per heavy atom. The molecular weight excluding hydrogens is 306 g/mol. The highest BCUT2D eigenvalue weighted by Crippen LogP contribution is 2.15. The van der Waals surface area contributed by atoms with Crippen molar-refractivity contribution in [1.29, 1.82) is 5.26 Å². The van der Waals surface area contributed by atoms with Crippen LogP contribution in [0.25, 0.3) is 6.08 Å². The van der Waals surface area contributed by atoms with Gasteiger partial charge in [-0.3, -0.25) is 14.9 Å². The predicted octanol–water partition coefficient (Wildman–Crippen LogP) is 3.36. The smallest absolute Gasteiger partial charge is 0.270 e. The molecule has 2 aromatic carbocycles. The molecule has 1 unspecified atom stereocenters. The monoisotopic (exact) mass is 321 g/mol. The van der Waals surface area contributed by atoms with Crippen molar-refractivity contribution in [3.63, 3.8) is 0 Å². The van der Waals surface area contributed by atoms with Crippen LogP contribution in [0.15, 0.2) is 54.6 Å². The standard InChI is InChI=1S/C18H15N3O3/c1-13(16-8-5-15(12-19)6-9-16)20-18(22)10-7-14-3-2-4-17(11-14)21(23)24/h2-11,13H,1H3,(H,20,22)/b10-7+. The second-order valence-corrected chi connectivity index (χ2v) is 5.15. The number of amides is 1. The van der Waals surface area contributed by atoms with Crippen LogP contribution in [-0.2, 0) is 4.79 Å². The fourth-order valence-corrected chi connectivity index (χ4v) is 2.11. The van der Waals surface area contributed by atoms with Gasteiger partial charge in [0, 0.05) is 18.2 Å². The zero-order valence-electron chi connectivity index (χ0n) is 13.0. The summed E-state index contributed by atoms with van der Waals surface area (Å²) >= 11 is 0. The Morgan fingerprint density at radius 1 is 1.29 bits per heavy atom. The number of carbonyl (C=O) groups excluding carboxylic acids is 1. The Bertz CT molecular complexity index is 820. The van der Waals surface area contributed by atoms with E-state index in [0.717, 1.165) is 5.56 Å². The van der Waals surface area contributed by atoms with Crippen LogP contribution in [0, 0.1) is 21.4 Å². The van der Waals surface area contributed by atoms with Gasteiger partial charge in [0.15, 0.2) is 0 Å². The largest absolute Gasteiger partial charge is 0.346 e. The average molecular weight is 321 g/mol. The molecule has 2 rings (SSSR count). The Balaban J connectivity index is 2.00. The van der Waals surface area contributed by atoms with Crippen LogP contribution in [0.4, 0.5) is 5.69 Å². The summed E-state index contributed by atoms with van der Waals surface area (Å²) in [6.45, 7) is 1.83. The number of nitriles is 1. The van der Waals surface area contributed by atoms with Crippen molar-refractivity contribution in [2.24, 2.45) is 0 Å². The summed E-state index contributed by atoms with van der Waals surface area (Å²) in [6, 6.07) is 14.8. The first kappa shape index (κ1) is 16.9. The molecular formula is C18H15N3O3. The molecule has 0 aliphatic carbocycles. The lowest BCUT2D eigenvalue weighted by Crippen LogP contribution is -2.24. The lowest BCUT2D eigenvalue weighted by Gasteiger charge is -2.12. The van der Waals surface area contributed by atoms with Gasteiger partial charge in [0.25, 0.3) is 5.69 Å². The molecule has 1 atom stereocenters. The fraction of sp³-hybridized carbons (Fsp3) is 0.111. The summed E-state index contributed by atoms with van der Waals surface area (Å²) in [6.07, 6.45) is 2.85. The summed E-state index contributed by atoms with van der Waals surface area (Å²) in [5, 5.41) is 22.3. The maximum Gasteiger partial charge on any atom is 0.270 e. The first-order chi connectivity index (χ1) is 11.5. The Morgan fingerprint density at radius 2 is 2.00 bits per heavy atom. The van der Waals surface area contributed by atoms with Gasteiger partial charge in [0.05, 0.1) is 22.6 Å². The number of hydrogen-bond donors (Lipinski definition) is 1. The maximum absolute atomic E-state index is 12.0. The van der Waals surface area contributed by atoms with Crippen LogP contribution < -0.4 is 5.32 Å². The van der Waals surface area contributed by atoms with E-state index in [1.54, 1.807) is 36.4 Å². The third-order valence-corrected chi connectivity index (χ3v) is 3.41. The van der Waals surface area contributed by atoms with E-state index in [1.807, 2.05) is 13.0 Å². The molecule has 6 heteroatoms. The van der Waals surface area contributed by atoms with E-state index in [2.05, 4.69) is 5.32 Å². The predicted molar refractivity (Wildman–Crippen MR) is 89.8 cm³/mol. The van der Waals surface area contributed by atoms with Gasteiger partial charge in [-0.05, 0) is 36.3 Å². The number of carbonyl (C=O) groups is 1. The quantitative estimate of drug-likeness (QED) is 0.519. The van der Waals surface area contributed by atoms with Crippen molar-refractivity contribution >= 4 is 17.7 Å². The summed E-state index contributed by atoms with van der Waals surface area (Å²) < 4.78 is 0. The lowest BCUT2D eigenvalue weighted by molar-refractivity contribution is -0.384. The number of rotatable bonds is 5. The van der Waals surface area contributed by atoms with E-state index in [-0.39, 0.29) is 17.6 Å². The lowest BCUT2D eigenvalue weighted by atomic mass is 10.1. The van der Waals surface area contributed by atoms with E-state index in [4.69, 9.17) is 5.26 Å². The molecule has 0 radical (unpaired) electrons. The van der Waals surface area contributed by atoms with E-state index in [1.165, 1.54) is 24.3 Å². The number of nitrogens with one attached hydrogen (secondary N) is 1. The van der Waals surface area contributed by atoms with E-state index in [0.29, 0.717) is 11.1 Å². The van der Waals surface area contributed by atoms with Crippen molar-refractivity contribution in [2.75, 3.05) is 0 Å². The Kier molecular flexibility index (Phi) is 5.42. The van der Waals surface area contributed by atoms with Crippen LogP contribution in [0.2, 0.25) is 0 Å². The Labute approximate surface area is 139 Å². The van der Waals surface area contributed by atoms with Gasteiger partial charge in [0.1, 0.15) is 0 Å². The fourth-order valence-electron chi connectivity index (χ4n) is 2.11. The topological polar surface area (TPSA) is 96.0 Å². The Hall–Kier alpha value is -3.46. The third-order valence-electron chi connectivity index (χ3n) is 3.41. The van der Waals surface area contributed by atoms with Gasteiger partial charge < -0.3 is 5.32 Å². The van der Waals surface area contributed by atoms with Gasteiger partial charge in [-0.25, -0.2) is 0 Å². The second kappa shape index (κ2) is 7.70. The minimum atomic E-state index is -0.482. The molecule has 0 aliphatic rings. The van der Waals surface area contributed by atoms with E-state index < -0.39 is 4.92 Å². The maximum atomic E-state index is 12.0. The molecule has 120 valence electrons. The molecule has 2 aromatic rings. The van der Waals surface area contributed by atoms with Crippen LogP contribution in [0.5, 0.6) is 0 Å². The third kappa shape index (κ3) is 4.52. The second-order valence-electron chi connectivity index (χ2n) is 5.15. The molecule has 0 heterocycles. The van der Waals surface area contributed by atoms with Gasteiger partial charge in [0.2, 0.25) is 5.91 Å². The van der Waals surface area contributed by atoms with Crippen molar-refractivity contribution < 1.29 is 9.72 Å². The summed E-state index contributed by atoms with van der Waals surface area (Å²) in [5.74, 6) is -0.307. The molecule has 0 spiro atoms. The first-order valence-electron chi connectivity index (χ1n) is 7.22. The number of hydrogen-bond acceptors (Lipinski definition) is 4. The molecule has 1 amide bonds. The van der Waals surface area contributed by atoms with E-state index >= 15 is 0 Å². The summed E-state index contributed by atoms with van der Waals surface area (Å²) in [5.41, 5.74) is 1.99. The average Bonchev–Trinajstić information content (AvgIpc) is 2.60. The molecule has 1 N–H and O–H groups in total. The number of nitro benzene ring substituents is 1. The highest BCUT2D eigenvalue weighted by Gasteiger charge is 2.08. The van der Waals surface area contributed by atoms with Crippen molar-refractivity contribution in [1.82, 2.24) is 5.32 Å². The SMILES string of the molecule is CC(NC(=O)/C=C/c1cccc([N+](=O)[O-])c1)c1ccc(C#N)cc1. The number of nitrogens with zero attached hydrogens (tertiary/aromatic N) is 2. The molecule has 6 nitrogen and oxygen atoms in total. The van der Waals surface area contributed by atoms with Crippen molar-refractivity contribution in [3.05, 3.63) is 81.4 Å². The summed E-state index contributed by atoms with van der Waals surface area (Å²) in [4.78, 5) is 22.2. The van der Waals surface area contributed by atoms with Crippen molar-refractivity contribution in [3.8, 4) is 6.07 Å². The van der Waals surface area contributed by atoms with Crippen LogP contribution in [0.3, 0.4) is 0 Å². The molecule has 24 heavy (non-hydrogen) atoms. The molecule has 0 bridgehead atoms. The summed E-state index contributed by atoms with van der Waals surface area (Å²) in [7, 11) is 0. The van der Waals surface area contributed by atoms with Gasteiger partial charge in [-0.15, -0.1) is 0 Å². The first-order valence-corrected chi connectivity index (χ1v) is 7.22. The zero-order valence-corrected chi connectivity index (χ0v) is 13.0. The van der Waals surface area contributed by atoms with Crippen LogP contribution in [-0.4, -0.2) is 10.8 Å². The molecule has 0 aliphatic heterocycles. The highest BCUT2D eigenvalue weighted by atomic mass is 16.6. The van der Waals surface area contributed by atoms with Gasteiger partial charge in [-0.2, -0.15) is 5.26 Å². The zero-order chi connectivity index (χ0) is 17.5. The van der Waals surface area contributed by atoms with Crippen LogP contribution in [0.1, 0.15) is 29.7 Å². The minimum Gasteiger partial charge on any atom is -0.346 e. The normalized spacial score (nSPS) is 11.7. The van der Waals surface area contributed by atoms with Crippen LogP contribution >= 0.6 is 0 Å². The van der Waals surface area contributed by atoms with Gasteiger partial charge >= 0.3 is 0 Å². The number of nitro groups is 1. The molecule has 0 aromatic heterocycles. The number of non-ortho nitro benzene ring substituents is 1. The highest BCUT2D eigenvalue weighted by molar-refractivity contribution is 5.92. The molecule has 0 fully saturated rings. The minimum absolute atomic E-state index is 0.0245. The number of benzene rings is 2. The molecule has 0 saturated carbocycles. The van der Waals surface area contributed by atoms with E-state index in [9.17, 15) is 14.9 Å². The van der Waals surface area contributed by atoms with Crippen molar-refractivity contribution in [2.45, 2.75) is 13.0 Å². The van der Waals surface area contributed by atoms with Gasteiger partial charge in [-0.1, -0.05) is 24.3 Å². The molecule has 0 saturated heterocycles.